The zero-order valence-electron chi connectivity index (χ0n) is 8.49. The van der Waals surface area contributed by atoms with E-state index >= 15 is 0 Å². The highest BCUT2D eigenvalue weighted by Gasteiger charge is 2.20. The molecule has 0 aromatic rings. The maximum atomic E-state index is 11.3. The third-order valence-electron chi connectivity index (χ3n) is 1.56. The lowest BCUT2D eigenvalue weighted by atomic mass is 10.4. The second-order valence-corrected chi connectivity index (χ2v) is 2.52. The van der Waals surface area contributed by atoms with Crippen LogP contribution < -0.4 is 0 Å². The van der Waals surface area contributed by atoms with Crippen molar-refractivity contribution in [2.75, 3.05) is 33.9 Å². The van der Waals surface area contributed by atoms with E-state index < -0.39 is 11.9 Å². The molecule has 0 N–H and O–H groups in total. The first-order valence-electron chi connectivity index (χ1n) is 4.14. The van der Waals surface area contributed by atoms with Crippen LogP contribution in [0.4, 0.5) is 0 Å². The highest BCUT2D eigenvalue weighted by Crippen LogP contribution is 1.92. The maximum absolute atomic E-state index is 11.3. The average molecular weight is 201 g/mol. The second-order valence-electron chi connectivity index (χ2n) is 2.52. The molecular weight excluding hydrogens is 186 g/mol. The Morgan fingerprint density at radius 1 is 1.43 bits per heavy atom. The van der Waals surface area contributed by atoms with Gasteiger partial charge in [0.1, 0.15) is 0 Å². The number of amides is 1. The number of esters is 1. The van der Waals surface area contributed by atoms with E-state index in [0.717, 1.165) is 0 Å². The van der Waals surface area contributed by atoms with Gasteiger partial charge in [0.2, 0.25) is 0 Å². The number of hydrogen-bond donors (Lipinski definition) is 0. The first-order chi connectivity index (χ1) is 6.67. The minimum atomic E-state index is -0.872. The summed E-state index contributed by atoms with van der Waals surface area (Å²) in [6.07, 6.45) is 1.54. The van der Waals surface area contributed by atoms with Crippen LogP contribution in [0, 0.1) is 0 Å². The molecule has 0 saturated heterocycles. The van der Waals surface area contributed by atoms with Crippen LogP contribution in [-0.4, -0.2) is 50.7 Å². The number of carbonyl (C=O) groups excluding carboxylic acids is 2. The molecule has 0 aliphatic heterocycles. The molecule has 5 nitrogen and oxygen atoms in total. The minimum absolute atomic E-state index is 0.303. The van der Waals surface area contributed by atoms with Crippen molar-refractivity contribution < 1.29 is 19.1 Å². The molecule has 0 aliphatic carbocycles. The Morgan fingerprint density at radius 2 is 2.07 bits per heavy atom. The van der Waals surface area contributed by atoms with Gasteiger partial charge >= 0.3 is 11.9 Å². The van der Waals surface area contributed by atoms with Crippen LogP contribution in [0.2, 0.25) is 0 Å². The fourth-order valence-corrected chi connectivity index (χ4v) is 0.849. The smallest absolute Gasteiger partial charge is 0.396 e. The number of nitrogens with zero attached hydrogens (tertiary/aromatic N) is 1. The number of hydrogen-bond acceptors (Lipinski definition) is 4. The van der Waals surface area contributed by atoms with Gasteiger partial charge < -0.3 is 14.4 Å². The van der Waals surface area contributed by atoms with Crippen molar-refractivity contribution in [2.24, 2.45) is 0 Å². The third-order valence-corrected chi connectivity index (χ3v) is 1.56. The zero-order valence-corrected chi connectivity index (χ0v) is 8.49. The van der Waals surface area contributed by atoms with Gasteiger partial charge in [-0.25, -0.2) is 4.79 Å². The van der Waals surface area contributed by atoms with Crippen molar-refractivity contribution in [3.8, 4) is 0 Å². The molecule has 0 aliphatic rings. The van der Waals surface area contributed by atoms with E-state index in [-0.39, 0.29) is 0 Å². The summed E-state index contributed by atoms with van der Waals surface area (Å²) in [5, 5.41) is 0. The molecule has 0 fully saturated rings. The van der Waals surface area contributed by atoms with E-state index in [2.05, 4.69) is 11.3 Å². The van der Waals surface area contributed by atoms with E-state index in [0.29, 0.717) is 19.7 Å². The average Bonchev–Trinajstić information content (AvgIpc) is 2.22. The Labute approximate surface area is 83.3 Å². The number of ether oxygens (including phenoxy) is 2. The summed E-state index contributed by atoms with van der Waals surface area (Å²) in [6.45, 7) is 4.51. The Balaban J connectivity index is 4.24. The fraction of sp³-hybridized carbons (Fsp3) is 0.556. The van der Waals surface area contributed by atoms with Gasteiger partial charge in [0, 0.05) is 20.2 Å². The lowest BCUT2D eigenvalue weighted by molar-refractivity contribution is -0.158. The van der Waals surface area contributed by atoms with Crippen molar-refractivity contribution in [3.63, 3.8) is 0 Å². The molecule has 0 bridgehead atoms. The van der Waals surface area contributed by atoms with Crippen LogP contribution in [0.25, 0.3) is 0 Å². The van der Waals surface area contributed by atoms with Gasteiger partial charge in [-0.2, -0.15) is 0 Å². The lowest BCUT2D eigenvalue weighted by Gasteiger charge is -2.18. The molecular formula is C9H15NO4. The van der Waals surface area contributed by atoms with Gasteiger partial charge in [-0.1, -0.05) is 6.08 Å². The lowest BCUT2D eigenvalue weighted by Crippen LogP contribution is -2.39. The van der Waals surface area contributed by atoms with Crippen molar-refractivity contribution >= 4 is 11.9 Å². The molecule has 1 amide bonds. The topological polar surface area (TPSA) is 55.8 Å². The fourth-order valence-electron chi connectivity index (χ4n) is 0.849. The van der Waals surface area contributed by atoms with E-state index in [4.69, 9.17) is 4.74 Å². The molecule has 0 heterocycles. The molecule has 0 saturated carbocycles. The summed E-state index contributed by atoms with van der Waals surface area (Å²) in [4.78, 5) is 23.5. The first kappa shape index (κ1) is 12.6. The van der Waals surface area contributed by atoms with E-state index in [1.54, 1.807) is 0 Å². The van der Waals surface area contributed by atoms with Crippen molar-refractivity contribution in [1.82, 2.24) is 4.90 Å². The third kappa shape index (κ3) is 4.04. The molecule has 14 heavy (non-hydrogen) atoms. The molecule has 80 valence electrons. The van der Waals surface area contributed by atoms with E-state index in [9.17, 15) is 9.59 Å². The van der Waals surface area contributed by atoms with Gasteiger partial charge in [-0.05, 0) is 0 Å². The largest absolute Gasteiger partial charge is 0.462 e. The molecule has 5 heteroatoms. The van der Waals surface area contributed by atoms with Gasteiger partial charge in [-0.3, -0.25) is 4.79 Å². The highest BCUT2D eigenvalue weighted by molar-refractivity contribution is 6.32. The molecule has 0 atom stereocenters. The van der Waals surface area contributed by atoms with Crippen molar-refractivity contribution in [1.29, 1.82) is 0 Å². The van der Waals surface area contributed by atoms with Crippen LogP contribution in [-0.2, 0) is 19.1 Å². The summed E-state index contributed by atoms with van der Waals surface area (Å²) < 4.78 is 9.12. The Bertz CT molecular complexity index is 215. The quantitative estimate of drug-likeness (QED) is 0.352. The summed E-state index contributed by atoms with van der Waals surface area (Å²) in [5.74, 6) is -1.55. The Morgan fingerprint density at radius 3 is 2.50 bits per heavy atom. The highest BCUT2D eigenvalue weighted by atomic mass is 16.5. The summed E-state index contributed by atoms with van der Waals surface area (Å²) in [7, 11) is 2.69. The number of methoxy groups -OCH3 is 2. The monoisotopic (exact) mass is 201 g/mol. The maximum Gasteiger partial charge on any atom is 0.396 e. The molecule has 0 spiro atoms. The zero-order chi connectivity index (χ0) is 11.0. The van der Waals surface area contributed by atoms with Gasteiger partial charge in [0.05, 0.1) is 13.7 Å². The molecule has 0 aromatic heterocycles. The van der Waals surface area contributed by atoms with E-state index in [1.165, 1.54) is 25.2 Å². The summed E-state index contributed by atoms with van der Waals surface area (Å²) >= 11 is 0. The van der Waals surface area contributed by atoms with Crippen LogP contribution in [0.15, 0.2) is 12.7 Å². The predicted octanol–water partition coefficient (Wildman–Crippen LogP) is -0.180. The SMILES string of the molecule is C=CCN(CCOC)C(=O)C(=O)OC. The number of rotatable bonds is 5. The van der Waals surface area contributed by atoms with Crippen LogP contribution >= 0.6 is 0 Å². The van der Waals surface area contributed by atoms with E-state index in [1.807, 2.05) is 0 Å². The second kappa shape index (κ2) is 7.08. The normalized spacial score (nSPS) is 9.29. The Kier molecular flexibility index (Phi) is 6.39. The number of carbonyl (C=O) groups is 2. The summed E-state index contributed by atoms with van der Waals surface area (Å²) in [5.41, 5.74) is 0. The van der Waals surface area contributed by atoms with Gasteiger partial charge in [0.15, 0.2) is 0 Å². The van der Waals surface area contributed by atoms with Crippen LogP contribution in [0.3, 0.4) is 0 Å². The molecule has 0 radical (unpaired) electrons. The van der Waals surface area contributed by atoms with Gasteiger partial charge in [0.25, 0.3) is 0 Å². The standard InChI is InChI=1S/C9H15NO4/c1-4-5-10(6-7-13-2)8(11)9(12)14-3/h4H,1,5-7H2,2-3H3. The summed E-state index contributed by atoms with van der Waals surface area (Å²) in [6, 6.07) is 0. The first-order valence-corrected chi connectivity index (χ1v) is 4.14. The van der Waals surface area contributed by atoms with Crippen molar-refractivity contribution in [2.45, 2.75) is 0 Å². The molecule has 0 aromatic carbocycles. The van der Waals surface area contributed by atoms with Crippen molar-refractivity contribution in [3.05, 3.63) is 12.7 Å². The molecule has 0 unspecified atom stereocenters. The van der Waals surface area contributed by atoms with Crippen LogP contribution in [0.1, 0.15) is 0 Å². The predicted molar refractivity (Wildman–Crippen MR) is 50.7 cm³/mol. The van der Waals surface area contributed by atoms with Gasteiger partial charge in [-0.15, -0.1) is 6.58 Å². The molecule has 0 rings (SSSR count). The Hall–Kier alpha value is -1.36. The van der Waals surface area contributed by atoms with Crippen LogP contribution in [0.5, 0.6) is 0 Å². The minimum Gasteiger partial charge on any atom is -0.462 e.